The molecule has 0 bridgehead atoms. The van der Waals surface area contributed by atoms with Crippen LogP contribution >= 0.6 is 0 Å². The number of aliphatic carboxylic acids is 1. The minimum atomic E-state index is -4.42. The van der Waals surface area contributed by atoms with Crippen molar-refractivity contribution in [3.05, 3.63) is 66.2 Å². The van der Waals surface area contributed by atoms with Crippen LogP contribution in [0.15, 0.2) is 60.7 Å². The highest BCUT2D eigenvalue weighted by Gasteiger charge is 2.30. The number of halogens is 3. The highest BCUT2D eigenvalue weighted by molar-refractivity contribution is 5.66. The Labute approximate surface area is 177 Å². The van der Waals surface area contributed by atoms with Crippen molar-refractivity contribution in [1.29, 1.82) is 0 Å². The molecular weight excluding hydrogens is 409 g/mol. The number of unbranched alkanes of at least 4 members (excludes halogenated alkanes) is 2. The molecule has 0 saturated heterocycles. The van der Waals surface area contributed by atoms with Crippen LogP contribution in [0, 0.1) is 0 Å². The molecule has 0 atom stereocenters. The molecule has 0 aliphatic rings. The van der Waals surface area contributed by atoms with Crippen LogP contribution in [0.3, 0.4) is 0 Å². The van der Waals surface area contributed by atoms with Gasteiger partial charge in [-0.3, -0.25) is 4.79 Å². The molecule has 0 fully saturated rings. The number of alkyl halides is 3. The Morgan fingerprint density at radius 2 is 1.61 bits per heavy atom. The van der Waals surface area contributed by atoms with E-state index >= 15 is 0 Å². The first kappa shape index (κ1) is 22.3. The van der Waals surface area contributed by atoms with Crippen LogP contribution < -0.4 is 4.74 Å². The average molecular weight is 430 g/mol. The zero-order valence-corrected chi connectivity index (χ0v) is 16.6. The fraction of sp³-hybridized carbons (Fsp3) is 0.261. The van der Waals surface area contributed by atoms with E-state index in [0.717, 1.165) is 17.7 Å². The number of carboxylic acids is 1. The first-order valence-electron chi connectivity index (χ1n) is 9.79. The summed E-state index contributed by atoms with van der Waals surface area (Å²) in [6.07, 6.45) is -2.37. The van der Waals surface area contributed by atoms with Gasteiger partial charge in [0.15, 0.2) is 5.82 Å². The quantitative estimate of drug-likeness (QED) is 0.431. The van der Waals surface area contributed by atoms with E-state index in [1.54, 1.807) is 6.07 Å². The fourth-order valence-corrected chi connectivity index (χ4v) is 2.92. The van der Waals surface area contributed by atoms with Crippen LogP contribution in [0.1, 0.15) is 31.2 Å². The number of hydrogen-bond donors (Lipinski definition) is 1. The van der Waals surface area contributed by atoms with Gasteiger partial charge in [0.2, 0.25) is 5.88 Å². The summed E-state index contributed by atoms with van der Waals surface area (Å²) < 4.78 is 44.3. The summed E-state index contributed by atoms with van der Waals surface area (Å²) in [4.78, 5) is 19.4. The summed E-state index contributed by atoms with van der Waals surface area (Å²) in [5, 5.41) is 8.68. The normalized spacial score (nSPS) is 11.3. The molecule has 5 nitrogen and oxygen atoms in total. The first-order valence-corrected chi connectivity index (χ1v) is 9.79. The van der Waals surface area contributed by atoms with E-state index in [9.17, 15) is 18.0 Å². The van der Waals surface area contributed by atoms with Crippen LogP contribution in [0.5, 0.6) is 5.88 Å². The number of ether oxygens (including phenoxy) is 1. The first-order chi connectivity index (χ1) is 14.8. The summed E-state index contributed by atoms with van der Waals surface area (Å²) in [7, 11) is 0. The monoisotopic (exact) mass is 430 g/mol. The van der Waals surface area contributed by atoms with Crippen molar-refractivity contribution < 1.29 is 27.8 Å². The van der Waals surface area contributed by atoms with Crippen LogP contribution in [-0.4, -0.2) is 27.7 Å². The maximum Gasteiger partial charge on any atom is 0.416 e. The molecule has 0 aliphatic heterocycles. The summed E-state index contributed by atoms with van der Waals surface area (Å²) in [6.45, 7) is 0.345. The molecule has 0 spiro atoms. The second-order valence-electron chi connectivity index (χ2n) is 6.91. The minimum absolute atomic E-state index is 0.115. The third-order valence-electron chi connectivity index (χ3n) is 4.53. The maximum absolute atomic E-state index is 12.9. The Hall–Kier alpha value is -3.42. The number of carbonyl (C=O) groups is 1. The zero-order valence-electron chi connectivity index (χ0n) is 16.6. The van der Waals surface area contributed by atoms with Gasteiger partial charge in [-0.05, 0) is 31.4 Å². The van der Waals surface area contributed by atoms with Crippen LogP contribution in [0.4, 0.5) is 13.2 Å². The molecule has 0 radical (unpaired) electrons. The lowest BCUT2D eigenvalue weighted by Crippen LogP contribution is -2.05. The Morgan fingerprint density at radius 3 is 2.26 bits per heavy atom. The molecule has 1 aromatic heterocycles. The lowest BCUT2D eigenvalue weighted by atomic mass is 10.1. The molecule has 162 valence electrons. The van der Waals surface area contributed by atoms with Gasteiger partial charge >= 0.3 is 12.1 Å². The fourth-order valence-electron chi connectivity index (χ4n) is 2.92. The van der Waals surface area contributed by atoms with Gasteiger partial charge < -0.3 is 9.84 Å². The van der Waals surface area contributed by atoms with E-state index in [0.29, 0.717) is 43.0 Å². The number of rotatable bonds is 9. The highest BCUT2D eigenvalue weighted by Crippen LogP contribution is 2.31. The van der Waals surface area contributed by atoms with Crippen molar-refractivity contribution in [2.75, 3.05) is 6.61 Å². The second kappa shape index (κ2) is 10.1. The number of hydrogen-bond acceptors (Lipinski definition) is 4. The Bertz CT molecular complexity index is 1010. The standard InChI is InChI=1S/C23H21F3N2O3/c24-23(25,26)18-12-10-17(11-13-18)22-27-19(16-7-3-1-4-8-16)15-20(28-22)31-14-6-2-5-9-21(29)30/h1,3-4,7-8,10-13,15H,2,5-6,9,14H2,(H,29,30). The smallest absolute Gasteiger partial charge is 0.416 e. The number of nitrogens with zero attached hydrogens (tertiary/aromatic N) is 2. The van der Waals surface area contributed by atoms with Crippen molar-refractivity contribution >= 4 is 5.97 Å². The summed E-state index contributed by atoms with van der Waals surface area (Å²) in [6, 6.07) is 15.7. The predicted octanol–water partition coefficient (Wildman–Crippen LogP) is 5.85. The lowest BCUT2D eigenvalue weighted by molar-refractivity contribution is -0.138. The molecule has 31 heavy (non-hydrogen) atoms. The number of aromatic nitrogens is 2. The van der Waals surface area contributed by atoms with Crippen molar-refractivity contribution in [3.8, 4) is 28.5 Å². The largest absolute Gasteiger partial charge is 0.481 e. The molecule has 3 rings (SSSR count). The summed E-state index contributed by atoms with van der Waals surface area (Å²) in [5.74, 6) is -0.261. The van der Waals surface area contributed by atoms with Crippen molar-refractivity contribution in [2.24, 2.45) is 0 Å². The van der Waals surface area contributed by atoms with Gasteiger partial charge in [0.25, 0.3) is 0 Å². The third kappa shape index (κ3) is 6.53. The zero-order chi connectivity index (χ0) is 22.3. The molecule has 0 unspecified atom stereocenters. The molecule has 3 aromatic rings. The van der Waals surface area contributed by atoms with Gasteiger partial charge in [-0.1, -0.05) is 42.5 Å². The van der Waals surface area contributed by atoms with E-state index in [2.05, 4.69) is 9.97 Å². The van der Waals surface area contributed by atoms with E-state index < -0.39 is 17.7 Å². The second-order valence-corrected chi connectivity index (χ2v) is 6.91. The lowest BCUT2D eigenvalue weighted by Gasteiger charge is -2.11. The van der Waals surface area contributed by atoms with Crippen molar-refractivity contribution in [1.82, 2.24) is 9.97 Å². The Morgan fingerprint density at radius 1 is 0.903 bits per heavy atom. The SMILES string of the molecule is O=C(O)CCCCCOc1cc(-c2ccccc2)nc(-c2ccc(C(F)(F)F)cc2)n1. The minimum Gasteiger partial charge on any atom is -0.481 e. The van der Waals surface area contributed by atoms with Gasteiger partial charge in [0.05, 0.1) is 17.9 Å². The predicted molar refractivity (Wildman–Crippen MR) is 110 cm³/mol. The van der Waals surface area contributed by atoms with E-state index in [-0.39, 0.29) is 12.2 Å². The van der Waals surface area contributed by atoms with Crippen LogP contribution in [-0.2, 0) is 11.0 Å². The molecule has 2 aromatic carbocycles. The van der Waals surface area contributed by atoms with Crippen molar-refractivity contribution in [2.45, 2.75) is 31.9 Å². The van der Waals surface area contributed by atoms with Gasteiger partial charge in [0.1, 0.15) is 0 Å². The summed E-state index contributed by atoms with van der Waals surface area (Å²) >= 11 is 0. The summed E-state index contributed by atoms with van der Waals surface area (Å²) in [5.41, 5.74) is 1.11. The van der Waals surface area contributed by atoms with Gasteiger partial charge in [0, 0.05) is 23.6 Å². The molecule has 1 N–H and O–H groups in total. The Balaban J connectivity index is 1.81. The average Bonchev–Trinajstić information content (AvgIpc) is 2.76. The van der Waals surface area contributed by atoms with Crippen LogP contribution in [0.25, 0.3) is 22.6 Å². The molecule has 0 aliphatic carbocycles. The van der Waals surface area contributed by atoms with E-state index in [4.69, 9.17) is 9.84 Å². The molecule has 0 saturated carbocycles. The van der Waals surface area contributed by atoms with Crippen molar-refractivity contribution in [3.63, 3.8) is 0 Å². The molecule has 1 heterocycles. The topological polar surface area (TPSA) is 72.3 Å². The number of carboxylic acid groups (broad SMARTS) is 1. The van der Waals surface area contributed by atoms with Gasteiger partial charge in [-0.2, -0.15) is 18.2 Å². The molecule has 8 heteroatoms. The Kier molecular flexibility index (Phi) is 7.23. The van der Waals surface area contributed by atoms with Gasteiger partial charge in [-0.15, -0.1) is 0 Å². The molecular formula is C23H21F3N2O3. The van der Waals surface area contributed by atoms with Crippen LogP contribution in [0.2, 0.25) is 0 Å². The third-order valence-corrected chi connectivity index (χ3v) is 4.53. The van der Waals surface area contributed by atoms with Gasteiger partial charge in [-0.25, -0.2) is 4.98 Å². The highest BCUT2D eigenvalue weighted by atomic mass is 19.4. The maximum atomic E-state index is 12.9. The van der Waals surface area contributed by atoms with E-state index in [1.807, 2.05) is 30.3 Å². The number of benzene rings is 2. The molecule has 0 amide bonds. The van der Waals surface area contributed by atoms with E-state index in [1.165, 1.54) is 12.1 Å².